The summed E-state index contributed by atoms with van der Waals surface area (Å²) in [5, 5.41) is 22.7. The zero-order chi connectivity index (χ0) is 21.1. The summed E-state index contributed by atoms with van der Waals surface area (Å²) in [7, 11) is 0. The van der Waals surface area contributed by atoms with Crippen molar-refractivity contribution in [1.29, 1.82) is 0 Å². The molecule has 0 radical (unpaired) electrons. The lowest BCUT2D eigenvalue weighted by molar-refractivity contribution is -0.0200. The van der Waals surface area contributed by atoms with Crippen LogP contribution >= 0.6 is 0 Å². The van der Waals surface area contributed by atoms with Crippen LogP contribution in [0, 0.1) is 6.92 Å². The molecule has 30 heavy (non-hydrogen) atoms. The Morgan fingerprint density at radius 1 is 1.07 bits per heavy atom. The molecule has 0 spiro atoms. The summed E-state index contributed by atoms with van der Waals surface area (Å²) in [5.74, 6) is 0.773. The number of nitrogens with zero attached hydrogens (tertiary/aromatic N) is 2. The standard InChI is InChI=1S/C25H30N2O3/c1-18-7-8-19(15-26-18)21-9-10-24(23-6-4-3-5-22(21)23)30-17-20(28)16-27-13-11-25(2,29)12-14-27/h3-10,15,20,28-29H,11-14,16-17H2,1-2H3. The molecular weight excluding hydrogens is 376 g/mol. The first-order valence-corrected chi connectivity index (χ1v) is 10.6. The minimum absolute atomic E-state index is 0.238. The largest absolute Gasteiger partial charge is 0.490 e. The summed E-state index contributed by atoms with van der Waals surface area (Å²) >= 11 is 0. The third-order valence-corrected chi connectivity index (χ3v) is 5.94. The van der Waals surface area contributed by atoms with Gasteiger partial charge in [-0.15, -0.1) is 0 Å². The molecule has 1 aromatic heterocycles. The number of β-amino-alcohol motifs (C(OH)–C–C–N with tert-alkyl or cyclic N) is 1. The predicted octanol–water partition coefficient (Wildman–Crippen LogP) is 3.80. The molecule has 1 saturated heterocycles. The first-order valence-electron chi connectivity index (χ1n) is 10.6. The van der Waals surface area contributed by atoms with Gasteiger partial charge >= 0.3 is 0 Å². The monoisotopic (exact) mass is 406 g/mol. The van der Waals surface area contributed by atoms with Crippen molar-refractivity contribution in [2.24, 2.45) is 0 Å². The maximum Gasteiger partial charge on any atom is 0.127 e. The first kappa shape index (κ1) is 20.8. The van der Waals surface area contributed by atoms with Crippen molar-refractivity contribution < 1.29 is 14.9 Å². The quantitative estimate of drug-likeness (QED) is 0.652. The Hall–Kier alpha value is -2.47. The highest BCUT2D eigenvalue weighted by Crippen LogP contribution is 2.34. The van der Waals surface area contributed by atoms with E-state index in [0.29, 0.717) is 6.54 Å². The van der Waals surface area contributed by atoms with Gasteiger partial charge in [0.2, 0.25) is 0 Å². The van der Waals surface area contributed by atoms with Gasteiger partial charge in [0, 0.05) is 42.5 Å². The number of rotatable bonds is 6. The fraction of sp³-hybridized carbons (Fsp3) is 0.400. The molecule has 2 aromatic carbocycles. The number of ether oxygens (including phenoxy) is 1. The second-order valence-electron chi connectivity index (χ2n) is 8.61. The number of fused-ring (bicyclic) bond motifs is 1. The molecular formula is C25H30N2O3. The smallest absolute Gasteiger partial charge is 0.127 e. The Labute approximate surface area is 177 Å². The summed E-state index contributed by atoms with van der Waals surface area (Å²) in [6, 6.07) is 16.3. The maximum atomic E-state index is 10.5. The lowest BCUT2D eigenvalue weighted by atomic mass is 9.94. The van der Waals surface area contributed by atoms with Gasteiger partial charge in [0.1, 0.15) is 18.5 Å². The van der Waals surface area contributed by atoms with Gasteiger partial charge < -0.3 is 19.8 Å². The molecule has 0 bridgehead atoms. The Bertz CT molecular complexity index is 991. The van der Waals surface area contributed by atoms with Crippen LogP contribution in [0.1, 0.15) is 25.5 Å². The number of hydrogen-bond donors (Lipinski definition) is 2. The normalized spacial score (nSPS) is 17.7. The Kier molecular flexibility index (Phi) is 6.04. The van der Waals surface area contributed by atoms with Crippen LogP contribution in [0.3, 0.4) is 0 Å². The average Bonchev–Trinajstić information content (AvgIpc) is 2.74. The summed E-state index contributed by atoms with van der Waals surface area (Å²) < 4.78 is 6.03. The van der Waals surface area contributed by atoms with E-state index < -0.39 is 11.7 Å². The Morgan fingerprint density at radius 2 is 1.80 bits per heavy atom. The molecule has 1 unspecified atom stereocenters. The first-order chi connectivity index (χ1) is 14.4. The van der Waals surface area contributed by atoms with Crippen LogP contribution in [-0.4, -0.2) is 58.0 Å². The van der Waals surface area contributed by atoms with Gasteiger partial charge in [0.15, 0.2) is 0 Å². The molecule has 0 saturated carbocycles. The molecule has 4 rings (SSSR count). The molecule has 1 aliphatic heterocycles. The minimum Gasteiger partial charge on any atom is -0.490 e. The van der Waals surface area contributed by atoms with Gasteiger partial charge in [-0.05, 0) is 55.8 Å². The molecule has 158 valence electrons. The number of likely N-dealkylation sites (tertiary alicyclic amines) is 1. The fourth-order valence-corrected chi connectivity index (χ4v) is 4.03. The van der Waals surface area contributed by atoms with E-state index in [4.69, 9.17) is 4.74 Å². The third kappa shape index (κ3) is 4.81. The van der Waals surface area contributed by atoms with Crippen LogP contribution < -0.4 is 4.74 Å². The van der Waals surface area contributed by atoms with Crippen LogP contribution in [0.25, 0.3) is 21.9 Å². The van der Waals surface area contributed by atoms with Gasteiger partial charge in [-0.1, -0.05) is 30.3 Å². The highest BCUT2D eigenvalue weighted by molar-refractivity contribution is 6.00. The molecule has 5 nitrogen and oxygen atoms in total. The molecule has 3 aromatic rings. The van der Waals surface area contributed by atoms with Gasteiger partial charge in [-0.3, -0.25) is 4.98 Å². The topological polar surface area (TPSA) is 65.8 Å². The number of benzene rings is 2. The molecule has 1 fully saturated rings. The van der Waals surface area contributed by atoms with Crippen LogP contribution in [0.2, 0.25) is 0 Å². The molecule has 2 N–H and O–H groups in total. The summed E-state index contributed by atoms with van der Waals surface area (Å²) in [5.41, 5.74) is 2.61. The number of aryl methyl sites for hydroxylation is 1. The molecule has 1 atom stereocenters. The average molecular weight is 407 g/mol. The van der Waals surface area contributed by atoms with E-state index in [2.05, 4.69) is 34.1 Å². The Balaban J connectivity index is 1.46. The molecule has 0 aliphatic carbocycles. The van der Waals surface area contributed by atoms with Gasteiger partial charge in [0.05, 0.1) is 5.60 Å². The minimum atomic E-state index is -0.578. The van der Waals surface area contributed by atoms with Crippen LogP contribution in [0.15, 0.2) is 54.7 Å². The zero-order valence-corrected chi connectivity index (χ0v) is 17.7. The van der Waals surface area contributed by atoms with Gasteiger partial charge in [-0.2, -0.15) is 0 Å². The van der Waals surface area contributed by atoms with E-state index in [9.17, 15) is 10.2 Å². The second kappa shape index (κ2) is 8.72. The maximum absolute atomic E-state index is 10.5. The molecule has 2 heterocycles. The van der Waals surface area contributed by atoms with E-state index in [0.717, 1.165) is 59.3 Å². The number of aromatic nitrogens is 1. The predicted molar refractivity (Wildman–Crippen MR) is 120 cm³/mol. The Morgan fingerprint density at radius 3 is 2.50 bits per heavy atom. The van der Waals surface area contributed by atoms with Crippen molar-refractivity contribution in [2.45, 2.75) is 38.4 Å². The summed E-state index contributed by atoms with van der Waals surface area (Å²) in [6.07, 6.45) is 2.80. The van der Waals surface area contributed by atoms with E-state index in [-0.39, 0.29) is 6.61 Å². The molecule has 0 amide bonds. The second-order valence-corrected chi connectivity index (χ2v) is 8.61. The van der Waals surface area contributed by atoms with Crippen molar-refractivity contribution in [1.82, 2.24) is 9.88 Å². The van der Waals surface area contributed by atoms with Crippen molar-refractivity contribution >= 4 is 10.8 Å². The highest BCUT2D eigenvalue weighted by atomic mass is 16.5. The van der Waals surface area contributed by atoms with E-state index in [1.807, 2.05) is 44.3 Å². The number of pyridine rings is 1. The van der Waals surface area contributed by atoms with Gasteiger partial charge in [0.25, 0.3) is 0 Å². The number of aliphatic hydroxyl groups is 2. The van der Waals surface area contributed by atoms with Gasteiger partial charge in [-0.25, -0.2) is 0 Å². The fourth-order valence-electron chi connectivity index (χ4n) is 4.03. The third-order valence-electron chi connectivity index (χ3n) is 5.94. The van der Waals surface area contributed by atoms with Crippen molar-refractivity contribution in [3.05, 3.63) is 60.4 Å². The van der Waals surface area contributed by atoms with E-state index in [1.165, 1.54) is 0 Å². The van der Waals surface area contributed by atoms with E-state index in [1.54, 1.807) is 0 Å². The SMILES string of the molecule is Cc1ccc(-c2ccc(OCC(O)CN3CCC(C)(O)CC3)c3ccccc23)cn1. The highest BCUT2D eigenvalue weighted by Gasteiger charge is 2.28. The van der Waals surface area contributed by atoms with Crippen molar-refractivity contribution in [2.75, 3.05) is 26.2 Å². The van der Waals surface area contributed by atoms with Crippen LogP contribution in [0.4, 0.5) is 0 Å². The molecule has 5 heteroatoms. The molecule has 1 aliphatic rings. The van der Waals surface area contributed by atoms with Crippen molar-refractivity contribution in [3.8, 4) is 16.9 Å². The van der Waals surface area contributed by atoms with Crippen molar-refractivity contribution in [3.63, 3.8) is 0 Å². The lowest BCUT2D eigenvalue weighted by Crippen LogP contribution is -2.45. The lowest BCUT2D eigenvalue weighted by Gasteiger charge is -2.36. The number of aliphatic hydroxyl groups excluding tert-OH is 1. The number of hydrogen-bond acceptors (Lipinski definition) is 5. The zero-order valence-electron chi connectivity index (χ0n) is 17.7. The van der Waals surface area contributed by atoms with Crippen LogP contribution in [-0.2, 0) is 0 Å². The van der Waals surface area contributed by atoms with E-state index >= 15 is 0 Å². The van der Waals surface area contributed by atoms with Crippen LogP contribution in [0.5, 0.6) is 5.75 Å². The summed E-state index contributed by atoms with van der Waals surface area (Å²) in [6.45, 7) is 6.25. The summed E-state index contributed by atoms with van der Waals surface area (Å²) in [4.78, 5) is 6.62. The number of piperidine rings is 1.